The second-order valence-corrected chi connectivity index (χ2v) is 7.33. The van der Waals surface area contributed by atoms with E-state index < -0.39 is 17.3 Å². The number of anilines is 2. The van der Waals surface area contributed by atoms with Crippen LogP contribution in [-0.4, -0.2) is 57.3 Å². The van der Waals surface area contributed by atoms with Gasteiger partial charge >= 0.3 is 0 Å². The van der Waals surface area contributed by atoms with Gasteiger partial charge in [-0.3, -0.25) is 4.79 Å². The van der Waals surface area contributed by atoms with Crippen LogP contribution in [0.2, 0.25) is 5.15 Å². The minimum absolute atomic E-state index is 0. The maximum Gasteiger partial charge on any atom is 0.218 e. The highest BCUT2D eigenvalue weighted by Crippen LogP contribution is 2.38. The Morgan fingerprint density at radius 1 is 1.26 bits per heavy atom. The van der Waals surface area contributed by atoms with E-state index in [2.05, 4.69) is 25.3 Å². The standard InChI is InChI=1S/C19H20ClN7O3.HI/c20-15-17(22)27-16(21)13(26-15)14(29)19(9-23-6-8-30-19)10(5-7-28)18-24-11-3-1-2-4-12(11)25-18;/h1-4,7,10,23H,5-6,8-9H2,(H,24,25)(H4,21,22,27);1H. The molecule has 3 aromatic rings. The van der Waals surface area contributed by atoms with Crippen LogP contribution in [-0.2, 0) is 9.53 Å². The number of aromatic amines is 1. The van der Waals surface area contributed by atoms with E-state index in [1.54, 1.807) is 0 Å². The fraction of sp³-hybridized carbons (Fsp3) is 0.316. The van der Waals surface area contributed by atoms with Crippen LogP contribution in [0.15, 0.2) is 24.3 Å². The summed E-state index contributed by atoms with van der Waals surface area (Å²) in [5, 5.41) is 3.03. The number of imidazole rings is 1. The number of carbonyl (C=O) groups excluding carboxylic acids is 2. The molecule has 2 atom stereocenters. The van der Waals surface area contributed by atoms with Crippen molar-refractivity contribution in [2.75, 3.05) is 31.2 Å². The number of fused-ring (bicyclic) bond motifs is 1. The number of ether oxygens (including phenoxy) is 1. The zero-order valence-electron chi connectivity index (χ0n) is 16.3. The average Bonchev–Trinajstić information content (AvgIpc) is 3.18. The number of aromatic nitrogens is 4. The van der Waals surface area contributed by atoms with Crippen molar-refractivity contribution in [3.8, 4) is 0 Å². The molecule has 6 N–H and O–H groups in total. The molecule has 0 radical (unpaired) electrons. The number of carbonyl (C=O) groups is 2. The van der Waals surface area contributed by atoms with Crippen LogP contribution < -0.4 is 16.8 Å². The molecule has 0 aliphatic carbocycles. The van der Waals surface area contributed by atoms with Gasteiger partial charge in [0.15, 0.2) is 28.1 Å². The number of para-hydroxylation sites is 2. The van der Waals surface area contributed by atoms with Gasteiger partial charge in [0.2, 0.25) is 5.78 Å². The summed E-state index contributed by atoms with van der Waals surface area (Å²) in [5.41, 5.74) is 11.4. The van der Waals surface area contributed by atoms with Crippen LogP contribution in [0, 0.1) is 0 Å². The summed E-state index contributed by atoms with van der Waals surface area (Å²) in [6, 6.07) is 7.42. The Labute approximate surface area is 199 Å². The van der Waals surface area contributed by atoms with Crippen LogP contribution in [0.1, 0.15) is 28.7 Å². The molecule has 2 unspecified atom stereocenters. The van der Waals surface area contributed by atoms with E-state index in [-0.39, 0.29) is 66.0 Å². The lowest BCUT2D eigenvalue weighted by Crippen LogP contribution is -2.59. The van der Waals surface area contributed by atoms with Crippen molar-refractivity contribution in [3.63, 3.8) is 0 Å². The second-order valence-electron chi connectivity index (χ2n) is 6.97. The molecule has 2 aromatic heterocycles. The van der Waals surface area contributed by atoms with Crippen molar-refractivity contribution >= 4 is 70.3 Å². The van der Waals surface area contributed by atoms with Crippen LogP contribution in [0.5, 0.6) is 0 Å². The van der Waals surface area contributed by atoms with Gasteiger partial charge in [-0.1, -0.05) is 23.7 Å². The molecule has 1 aromatic carbocycles. The lowest BCUT2D eigenvalue weighted by molar-refractivity contribution is -0.111. The number of H-pyrrole nitrogens is 1. The number of ketones is 1. The van der Waals surface area contributed by atoms with Crippen LogP contribution in [0.4, 0.5) is 11.6 Å². The summed E-state index contributed by atoms with van der Waals surface area (Å²) >= 11 is 5.99. The molecule has 10 nitrogen and oxygen atoms in total. The summed E-state index contributed by atoms with van der Waals surface area (Å²) < 4.78 is 6.04. The molecule has 4 rings (SSSR count). The van der Waals surface area contributed by atoms with E-state index in [0.29, 0.717) is 17.9 Å². The number of nitrogens with zero attached hydrogens (tertiary/aromatic N) is 3. The van der Waals surface area contributed by atoms with Crippen molar-refractivity contribution in [2.45, 2.75) is 17.9 Å². The molecular formula is C19H21ClIN7O3. The predicted molar refractivity (Wildman–Crippen MR) is 127 cm³/mol. The highest BCUT2D eigenvalue weighted by atomic mass is 127. The topological polar surface area (TPSA) is 162 Å². The average molecular weight is 558 g/mol. The number of Topliss-reactive ketones (excluding diaryl/α,β-unsaturated/α-hetero) is 1. The lowest BCUT2D eigenvalue weighted by Gasteiger charge is -2.40. The molecule has 164 valence electrons. The first-order valence-electron chi connectivity index (χ1n) is 9.32. The van der Waals surface area contributed by atoms with E-state index in [9.17, 15) is 9.59 Å². The fourth-order valence-corrected chi connectivity index (χ4v) is 3.85. The zero-order chi connectivity index (χ0) is 21.3. The second kappa shape index (κ2) is 9.42. The van der Waals surface area contributed by atoms with Gasteiger partial charge in [-0.2, -0.15) is 0 Å². The smallest absolute Gasteiger partial charge is 0.218 e. The van der Waals surface area contributed by atoms with Gasteiger partial charge in [0.05, 0.1) is 23.6 Å². The lowest BCUT2D eigenvalue weighted by atomic mass is 9.78. The van der Waals surface area contributed by atoms with E-state index in [1.807, 2.05) is 24.3 Å². The van der Waals surface area contributed by atoms with Crippen molar-refractivity contribution in [1.29, 1.82) is 0 Å². The maximum absolute atomic E-state index is 13.7. The Balaban J connectivity index is 0.00000272. The number of nitrogens with one attached hydrogen (secondary N) is 2. The van der Waals surface area contributed by atoms with E-state index >= 15 is 0 Å². The first-order valence-corrected chi connectivity index (χ1v) is 9.70. The Bertz CT molecular complexity index is 1080. The van der Waals surface area contributed by atoms with Crippen LogP contribution >= 0.6 is 35.6 Å². The Kier molecular flexibility index (Phi) is 7.09. The fourth-order valence-electron chi connectivity index (χ4n) is 3.72. The summed E-state index contributed by atoms with van der Waals surface area (Å²) in [5.74, 6) is -1.06. The number of nitrogens with two attached hydrogens (primary N) is 2. The Hall–Kier alpha value is -2.35. The van der Waals surface area contributed by atoms with Crippen molar-refractivity contribution in [2.24, 2.45) is 0 Å². The number of hydrogen-bond acceptors (Lipinski definition) is 9. The van der Waals surface area contributed by atoms with Crippen molar-refractivity contribution < 1.29 is 14.3 Å². The van der Waals surface area contributed by atoms with Gasteiger partial charge in [0.25, 0.3) is 0 Å². The first-order chi connectivity index (χ1) is 14.5. The number of nitrogen functional groups attached to an aromatic ring is 2. The van der Waals surface area contributed by atoms with E-state index in [1.165, 1.54) is 0 Å². The minimum Gasteiger partial charge on any atom is -0.382 e. The predicted octanol–water partition coefficient (Wildman–Crippen LogP) is 1.70. The summed E-state index contributed by atoms with van der Waals surface area (Å²) in [6.07, 6.45) is 0.721. The summed E-state index contributed by atoms with van der Waals surface area (Å²) in [4.78, 5) is 41.0. The van der Waals surface area contributed by atoms with Gasteiger partial charge in [-0.15, -0.1) is 24.0 Å². The van der Waals surface area contributed by atoms with Crippen LogP contribution in [0.25, 0.3) is 11.0 Å². The monoisotopic (exact) mass is 557 g/mol. The molecule has 1 saturated heterocycles. The first kappa shape index (κ1) is 23.3. The van der Waals surface area contributed by atoms with Crippen LogP contribution in [0.3, 0.4) is 0 Å². The third-order valence-corrected chi connectivity index (χ3v) is 5.44. The molecule has 0 spiro atoms. The molecule has 31 heavy (non-hydrogen) atoms. The molecule has 3 heterocycles. The summed E-state index contributed by atoms with van der Waals surface area (Å²) in [7, 11) is 0. The third-order valence-electron chi connectivity index (χ3n) is 5.16. The maximum atomic E-state index is 13.7. The molecule has 1 aliphatic rings. The van der Waals surface area contributed by atoms with Crippen molar-refractivity contribution in [1.82, 2.24) is 25.3 Å². The number of rotatable bonds is 6. The van der Waals surface area contributed by atoms with E-state index in [4.69, 9.17) is 27.8 Å². The molecule has 1 fully saturated rings. The number of halogens is 2. The molecule has 0 bridgehead atoms. The highest BCUT2D eigenvalue weighted by molar-refractivity contribution is 14.0. The van der Waals surface area contributed by atoms with E-state index in [0.717, 1.165) is 11.8 Å². The van der Waals surface area contributed by atoms with Crippen molar-refractivity contribution in [3.05, 3.63) is 40.9 Å². The quantitative estimate of drug-likeness (QED) is 0.201. The molecule has 12 heteroatoms. The highest BCUT2D eigenvalue weighted by Gasteiger charge is 2.51. The molecular weight excluding hydrogens is 537 g/mol. The van der Waals surface area contributed by atoms with Gasteiger partial charge in [0, 0.05) is 19.5 Å². The van der Waals surface area contributed by atoms with Gasteiger partial charge in [0.1, 0.15) is 12.1 Å². The third kappa shape index (κ3) is 4.22. The number of benzene rings is 1. The Morgan fingerprint density at radius 3 is 2.71 bits per heavy atom. The normalized spacial score (nSPS) is 19.5. The molecule has 0 amide bonds. The largest absolute Gasteiger partial charge is 0.382 e. The number of hydrogen-bond donors (Lipinski definition) is 4. The van der Waals surface area contributed by atoms with Gasteiger partial charge in [-0.05, 0) is 12.1 Å². The van der Waals surface area contributed by atoms with Gasteiger partial charge in [-0.25, -0.2) is 15.0 Å². The SMILES string of the molecule is I.Nc1nc(N)c(C(=O)C2(C(CC=O)c3nc4ccccc4[nH]3)CNCCO2)nc1Cl. The Morgan fingerprint density at radius 2 is 2.03 bits per heavy atom. The summed E-state index contributed by atoms with van der Waals surface area (Å²) in [6.45, 7) is 0.925. The number of aldehydes is 1. The zero-order valence-corrected chi connectivity index (χ0v) is 19.4. The minimum atomic E-state index is -1.49. The molecule has 0 saturated carbocycles. The molecule has 1 aliphatic heterocycles. The van der Waals surface area contributed by atoms with Gasteiger partial charge < -0.3 is 31.3 Å². The number of morpholine rings is 1.